The number of likely N-dealkylation sites (tertiary alicyclic amines) is 1. The van der Waals surface area contributed by atoms with Crippen LogP contribution in [0.15, 0.2) is 18.2 Å². The van der Waals surface area contributed by atoms with E-state index in [2.05, 4.69) is 17.9 Å². The zero-order valence-electron chi connectivity index (χ0n) is 12.6. The monoisotopic (exact) mass is 278 g/mol. The Bertz CT molecular complexity index is 415. The van der Waals surface area contributed by atoms with E-state index >= 15 is 0 Å². The topological polar surface area (TPSA) is 47.7 Å². The van der Waals surface area contributed by atoms with Crippen molar-refractivity contribution in [3.8, 4) is 11.5 Å². The molecule has 4 heteroatoms. The Hall–Kier alpha value is -1.26. The highest BCUT2D eigenvalue weighted by atomic mass is 16.5. The van der Waals surface area contributed by atoms with Gasteiger partial charge in [0.2, 0.25) is 0 Å². The molecule has 0 aliphatic carbocycles. The van der Waals surface area contributed by atoms with E-state index < -0.39 is 0 Å². The largest absolute Gasteiger partial charge is 0.497 e. The molecular formula is C16H26N2O2. The Balaban J connectivity index is 2.05. The second-order valence-corrected chi connectivity index (χ2v) is 5.44. The molecule has 2 rings (SSSR count). The van der Waals surface area contributed by atoms with E-state index in [0.717, 1.165) is 57.0 Å². The molecule has 0 saturated carbocycles. The van der Waals surface area contributed by atoms with Gasteiger partial charge in [0.1, 0.15) is 11.5 Å². The Kier molecular flexibility index (Phi) is 5.68. The van der Waals surface area contributed by atoms with E-state index in [1.54, 1.807) is 7.11 Å². The minimum absolute atomic E-state index is 0.373. The maximum atomic E-state index is 5.96. The molecule has 20 heavy (non-hydrogen) atoms. The number of rotatable bonds is 6. The molecule has 0 bridgehead atoms. The SMILES string of the molecule is CCCOc1cc(OC)ccc1CN1CCC(N)CC1. The highest BCUT2D eigenvalue weighted by Gasteiger charge is 2.17. The average Bonchev–Trinajstić information content (AvgIpc) is 2.48. The molecule has 0 unspecified atom stereocenters. The number of hydrogen-bond acceptors (Lipinski definition) is 4. The lowest BCUT2D eigenvalue weighted by molar-refractivity contribution is 0.201. The summed E-state index contributed by atoms with van der Waals surface area (Å²) in [6, 6.07) is 6.47. The van der Waals surface area contributed by atoms with Gasteiger partial charge >= 0.3 is 0 Å². The summed E-state index contributed by atoms with van der Waals surface area (Å²) in [5, 5.41) is 0. The second-order valence-electron chi connectivity index (χ2n) is 5.44. The smallest absolute Gasteiger partial charge is 0.127 e. The van der Waals surface area contributed by atoms with Crippen molar-refractivity contribution in [2.24, 2.45) is 5.73 Å². The van der Waals surface area contributed by atoms with Crippen molar-refractivity contribution in [1.82, 2.24) is 4.90 Å². The fourth-order valence-electron chi connectivity index (χ4n) is 2.49. The molecular weight excluding hydrogens is 252 g/mol. The Morgan fingerprint density at radius 2 is 2.05 bits per heavy atom. The van der Waals surface area contributed by atoms with Crippen LogP contribution in [0.2, 0.25) is 0 Å². The van der Waals surface area contributed by atoms with Gasteiger partial charge in [0.25, 0.3) is 0 Å². The lowest BCUT2D eigenvalue weighted by atomic mass is 10.0. The van der Waals surface area contributed by atoms with Crippen molar-refractivity contribution in [2.45, 2.75) is 38.8 Å². The van der Waals surface area contributed by atoms with Crippen LogP contribution < -0.4 is 15.2 Å². The molecule has 0 spiro atoms. The van der Waals surface area contributed by atoms with Crippen molar-refractivity contribution in [2.75, 3.05) is 26.8 Å². The summed E-state index contributed by atoms with van der Waals surface area (Å²) in [4.78, 5) is 2.45. The quantitative estimate of drug-likeness (QED) is 0.868. The zero-order valence-corrected chi connectivity index (χ0v) is 12.6. The fourth-order valence-corrected chi connectivity index (χ4v) is 2.49. The molecule has 112 valence electrons. The molecule has 1 fully saturated rings. The van der Waals surface area contributed by atoms with Gasteiger partial charge in [-0.05, 0) is 38.4 Å². The Labute approximate surface area is 121 Å². The van der Waals surface area contributed by atoms with Crippen LogP contribution in [-0.2, 0) is 6.54 Å². The number of methoxy groups -OCH3 is 1. The normalized spacial score (nSPS) is 17.1. The first-order valence-corrected chi connectivity index (χ1v) is 7.50. The lowest BCUT2D eigenvalue weighted by Gasteiger charge is -2.30. The van der Waals surface area contributed by atoms with Gasteiger partial charge in [-0.25, -0.2) is 0 Å². The highest BCUT2D eigenvalue weighted by molar-refractivity contribution is 5.40. The van der Waals surface area contributed by atoms with Gasteiger partial charge in [0, 0.05) is 24.2 Å². The van der Waals surface area contributed by atoms with Crippen LogP contribution in [-0.4, -0.2) is 37.7 Å². The number of hydrogen-bond donors (Lipinski definition) is 1. The summed E-state index contributed by atoms with van der Waals surface area (Å²) in [7, 11) is 1.69. The van der Waals surface area contributed by atoms with Crippen molar-refractivity contribution >= 4 is 0 Å². The Morgan fingerprint density at radius 3 is 2.70 bits per heavy atom. The van der Waals surface area contributed by atoms with Crippen LogP contribution in [0, 0.1) is 0 Å². The molecule has 1 aliphatic rings. The lowest BCUT2D eigenvalue weighted by Crippen LogP contribution is -2.39. The highest BCUT2D eigenvalue weighted by Crippen LogP contribution is 2.27. The molecule has 0 aromatic heterocycles. The van der Waals surface area contributed by atoms with Crippen LogP contribution in [0.5, 0.6) is 11.5 Å². The first-order chi connectivity index (χ1) is 9.72. The summed E-state index contributed by atoms with van der Waals surface area (Å²) in [5.41, 5.74) is 7.19. The first-order valence-electron chi connectivity index (χ1n) is 7.50. The number of nitrogens with two attached hydrogens (primary N) is 1. The number of nitrogens with zero attached hydrogens (tertiary/aromatic N) is 1. The van der Waals surface area contributed by atoms with Gasteiger partial charge in [0.15, 0.2) is 0 Å². The molecule has 4 nitrogen and oxygen atoms in total. The van der Waals surface area contributed by atoms with Crippen LogP contribution in [0.25, 0.3) is 0 Å². The second kappa shape index (κ2) is 7.50. The summed E-state index contributed by atoms with van der Waals surface area (Å²) in [6.45, 7) is 5.92. The van der Waals surface area contributed by atoms with Gasteiger partial charge in [-0.2, -0.15) is 0 Å². The fraction of sp³-hybridized carbons (Fsp3) is 0.625. The number of benzene rings is 1. The molecule has 1 aromatic carbocycles. The van der Waals surface area contributed by atoms with Crippen molar-refractivity contribution in [3.05, 3.63) is 23.8 Å². The van der Waals surface area contributed by atoms with E-state index in [1.165, 1.54) is 5.56 Å². The molecule has 1 saturated heterocycles. The summed E-state index contributed by atoms with van der Waals surface area (Å²) in [6.07, 6.45) is 3.18. The first kappa shape index (κ1) is 15.1. The predicted molar refractivity (Wildman–Crippen MR) is 81.3 cm³/mol. The molecule has 1 heterocycles. The van der Waals surface area contributed by atoms with E-state index in [1.807, 2.05) is 12.1 Å². The molecule has 0 atom stereocenters. The minimum Gasteiger partial charge on any atom is -0.497 e. The maximum Gasteiger partial charge on any atom is 0.127 e. The average molecular weight is 278 g/mol. The number of ether oxygens (including phenoxy) is 2. The van der Waals surface area contributed by atoms with Gasteiger partial charge in [-0.3, -0.25) is 4.90 Å². The van der Waals surface area contributed by atoms with Crippen molar-refractivity contribution in [3.63, 3.8) is 0 Å². The molecule has 1 aliphatic heterocycles. The van der Waals surface area contributed by atoms with Gasteiger partial charge in [-0.1, -0.05) is 13.0 Å². The summed E-state index contributed by atoms with van der Waals surface area (Å²) >= 11 is 0. The van der Waals surface area contributed by atoms with Crippen LogP contribution >= 0.6 is 0 Å². The molecule has 1 aromatic rings. The van der Waals surface area contributed by atoms with E-state index in [-0.39, 0.29) is 0 Å². The molecule has 0 radical (unpaired) electrons. The predicted octanol–water partition coefficient (Wildman–Crippen LogP) is 2.41. The van der Waals surface area contributed by atoms with Crippen LogP contribution in [0.4, 0.5) is 0 Å². The van der Waals surface area contributed by atoms with Gasteiger partial charge in [-0.15, -0.1) is 0 Å². The molecule has 0 amide bonds. The summed E-state index contributed by atoms with van der Waals surface area (Å²) < 4.78 is 11.1. The van der Waals surface area contributed by atoms with E-state index in [4.69, 9.17) is 15.2 Å². The van der Waals surface area contributed by atoms with E-state index in [9.17, 15) is 0 Å². The zero-order chi connectivity index (χ0) is 14.4. The number of piperidine rings is 1. The standard InChI is InChI=1S/C16H26N2O2/c1-3-10-20-16-11-15(19-2)5-4-13(16)12-18-8-6-14(17)7-9-18/h4-5,11,14H,3,6-10,12,17H2,1-2H3. The molecule has 2 N–H and O–H groups in total. The summed E-state index contributed by atoms with van der Waals surface area (Å²) in [5.74, 6) is 1.79. The van der Waals surface area contributed by atoms with Gasteiger partial charge in [0.05, 0.1) is 13.7 Å². The van der Waals surface area contributed by atoms with Crippen molar-refractivity contribution in [1.29, 1.82) is 0 Å². The third kappa shape index (κ3) is 4.12. The minimum atomic E-state index is 0.373. The Morgan fingerprint density at radius 1 is 1.30 bits per heavy atom. The van der Waals surface area contributed by atoms with Crippen molar-refractivity contribution < 1.29 is 9.47 Å². The maximum absolute atomic E-state index is 5.96. The van der Waals surface area contributed by atoms with Gasteiger partial charge < -0.3 is 15.2 Å². The third-order valence-electron chi connectivity index (χ3n) is 3.76. The third-order valence-corrected chi connectivity index (χ3v) is 3.76. The van der Waals surface area contributed by atoms with Crippen LogP contribution in [0.3, 0.4) is 0 Å². The van der Waals surface area contributed by atoms with E-state index in [0.29, 0.717) is 6.04 Å². The van der Waals surface area contributed by atoms with Crippen LogP contribution in [0.1, 0.15) is 31.7 Å².